The number of aromatic hydroxyl groups is 1. The van der Waals surface area contributed by atoms with Crippen molar-refractivity contribution in [2.24, 2.45) is 12.1 Å². The number of carbonyl (C=O) groups is 1. The summed E-state index contributed by atoms with van der Waals surface area (Å²) < 4.78 is 2.24. The third-order valence-electron chi connectivity index (χ3n) is 3.78. The summed E-state index contributed by atoms with van der Waals surface area (Å²) in [5.74, 6) is -0.330. The first kappa shape index (κ1) is 16.2. The number of nitrogens with one attached hydrogen (secondary N) is 1. The molecular weight excluding hydrogens is 372 g/mol. The number of benzene rings is 2. The summed E-state index contributed by atoms with van der Waals surface area (Å²) in [5.41, 5.74) is 4.08. The van der Waals surface area contributed by atoms with E-state index in [1.54, 1.807) is 17.8 Å². The molecule has 0 bridgehead atoms. The average molecular weight is 387 g/mol. The van der Waals surface area contributed by atoms with Crippen molar-refractivity contribution in [2.75, 3.05) is 0 Å². The number of aryl methyl sites for hydroxylation is 1. The monoisotopic (exact) mass is 386 g/mol. The van der Waals surface area contributed by atoms with E-state index in [1.165, 1.54) is 6.21 Å². The zero-order valence-corrected chi connectivity index (χ0v) is 14.7. The SMILES string of the molecule is Cc1c(Br)c(C(=O)NN=Cc2c(O)ccc3ccccc23)nn1C. The molecule has 6 nitrogen and oxygen atoms in total. The average Bonchev–Trinajstić information content (AvgIpc) is 2.84. The highest BCUT2D eigenvalue weighted by Crippen LogP contribution is 2.25. The van der Waals surface area contributed by atoms with E-state index in [0.29, 0.717) is 10.0 Å². The third kappa shape index (κ3) is 2.90. The second kappa shape index (κ2) is 6.45. The Balaban J connectivity index is 1.86. The van der Waals surface area contributed by atoms with Gasteiger partial charge in [0, 0.05) is 12.6 Å². The first-order chi connectivity index (χ1) is 11.5. The first-order valence-electron chi connectivity index (χ1n) is 7.22. The molecule has 24 heavy (non-hydrogen) atoms. The molecule has 0 fully saturated rings. The van der Waals surface area contributed by atoms with Crippen LogP contribution in [0, 0.1) is 6.92 Å². The molecule has 0 aliphatic rings. The molecule has 0 unspecified atom stereocenters. The predicted octanol–water partition coefficient (Wildman–Crippen LogP) is 3.11. The molecule has 1 amide bonds. The topological polar surface area (TPSA) is 79.5 Å². The molecule has 0 radical (unpaired) electrons. The minimum Gasteiger partial charge on any atom is -0.507 e. The number of amides is 1. The summed E-state index contributed by atoms with van der Waals surface area (Å²) in [6, 6.07) is 11.1. The smallest absolute Gasteiger partial charge is 0.293 e. The van der Waals surface area contributed by atoms with Gasteiger partial charge in [0.25, 0.3) is 5.91 Å². The molecule has 7 heteroatoms. The molecule has 1 aromatic heterocycles. The Morgan fingerprint density at radius 1 is 1.33 bits per heavy atom. The largest absolute Gasteiger partial charge is 0.507 e. The van der Waals surface area contributed by atoms with Crippen LogP contribution in [0.5, 0.6) is 5.75 Å². The van der Waals surface area contributed by atoms with Gasteiger partial charge in [0.15, 0.2) is 5.69 Å². The predicted molar refractivity (Wildman–Crippen MR) is 96.3 cm³/mol. The van der Waals surface area contributed by atoms with Gasteiger partial charge in [-0.15, -0.1) is 0 Å². The van der Waals surface area contributed by atoms with Crippen molar-refractivity contribution in [1.82, 2.24) is 15.2 Å². The zero-order valence-electron chi connectivity index (χ0n) is 13.1. The standard InChI is InChI=1S/C17H15BrN4O2/c1-10-15(18)16(21-22(10)2)17(24)20-19-9-13-12-6-4-3-5-11(12)7-8-14(13)23/h3-9,23H,1-2H3,(H,20,24). The van der Waals surface area contributed by atoms with Crippen molar-refractivity contribution in [3.05, 3.63) is 57.8 Å². The van der Waals surface area contributed by atoms with Crippen LogP contribution in [-0.2, 0) is 7.05 Å². The van der Waals surface area contributed by atoms with Gasteiger partial charge in [-0.05, 0) is 39.7 Å². The Labute approximate surface area is 146 Å². The van der Waals surface area contributed by atoms with Crippen molar-refractivity contribution in [2.45, 2.75) is 6.92 Å². The van der Waals surface area contributed by atoms with Gasteiger partial charge >= 0.3 is 0 Å². The number of halogens is 1. The van der Waals surface area contributed by atoms with E-state index in [4.69, 9.17) is 0 Å². The molecule has 3 aromatic rings. The number of hydrazone groups is 1. The number of phenolic OH excluding ortho intramolecular Hbond substituents is 1. The number of hydrogen-bond acceptors (Lipinski definition) is 4. The third-order valence-corrected chi connectivity index (χ3v) is 4.73. The molecule has 2 N–H and O–H groups in total. The van der Waals surface area contributed by atoms with E-state index >= 15 is 0 Å². The minimum atomic E-state index is -0.429. The van der Waals surface area contributed by atoms with Gasteiger partial charge in [-0.2, -0.15) is 10.2 Å². The number of phenols is 1. The van der Waals surface area contributed by atoms with E-state index in [1.807, 2.05) is 37.3 Å². The van der Waals surface area contributed by atoms with Gasteiger partial charge in [-0.3, -0.25) is 9.48 Å². The normalized spacial score (nSPS) is 11.3. The van der Waals surface area contributed by atoms with Crippen molar-refractivity contribution >= 4 is 38.8 Å². The van der Waals surface area contributed by atoms with E-state index in [2.05, 4.69) is 31.6 Å². The Hall–Kier alpha value is -2.67. The van der Waals surface area contributed by atoms with Crippen LogP contribution < -0.4 is 5.43 Å². The molecule has 2 aromatic carbocycles. The number of hydrogen-bond donors (Lipinski definition) is 2. The molecule has 0 aliphatic heterocycles. The van der Waals surface area contributed by atoms with Crippen LogP contribution in [0.3, 0.4) is 0 Å². The van der Waals surface area contributed by atoms with Gasteiger partial charge in [-0.25, -0.2) is 5.43 Å². The van der Waals surface area contributed by atoms with Crippen LogP contribution in [0.4, 0.5) is 0 Å². The number of carbonyl (C=O) groups excluding carboxylic acids is 1. The maximum absolute atomic E-state index is 12.2. The van der Waals surface area contributed by atoms with Gasteiger partial charge in [0.1, 0.15) is 5.75 Å². The van der Waals surface area contributed by atoms with Crippen LogP contribution >= 0.6 is 15.9 Å². The number of rotatable bonds is 3. The molecule has 0 aliphatic carbocycles. The number of nitrogens with zero attached hydrogens (tertiary/aromatic N) is 3. The van der Waals surface area contributed by atoms with Crippen molar-refractivity contribution in [1.29, 1.82) is 0 Å². The Bertz CT molecular complexity index is 963. The van der Waals surface area contributed by atoms with Crippen LogP contribution in [-0.4, -0.2) is 27.0 Å². The van der Waals surface area contributed by atoms with Crippen LogP contribution in [0.15, 0.2) is 46.0 Å². The lowest BCUT2D eigenvalue weighted by molar-refractivity contribution is 0.0948. The number of fused-ring (bicyclic) bond motifs is 1. The molecule has 3 rings (SSSR count). The molecule has 0 saturated heterocycles. The van der Waals surface area contributed by atoms with Crippen LogP contribution in [0.2, 0.25) is 0 Å². The number of aromatic nitrogens is 2. The van der Waals surface area contributed by atoms with Gasteiger partial charge < -0.3 is 5.11 Å². The maximum Gasteiger partial charge on any atom is 0.293 e. The van der Waals surface area contributed by atoms with Gasteiger partial charge in [0.2, 0.25) is 0 Å². The van der Waals surface area contributed by atoms with Crippen molar-refractivity contribution in [3.63, 3.8) is 0 Å². The second-order valence-corrected chi connectivity index (χ2v) is 6.08. The highest BCUT2D eigenvalue weighted by Gasteiger charge is 2.17. The summed E-state index contributed by atoms with van der Waals surface area (Å²) in [5, 5.41) is 20.0. The molecule has 1 heterocycles. The quantitative estimate of drug-likeness (QED) is 0.536. The molecule has 0 spiro atoms. The van der Waals surface area contributed by atoms with E-state index in [0.717, 1.165) is 16.5 Å². The van der Waals surface area contributed by atoms with Crippen molar-refractivity contribution in [3.8, 4) is 5.75 Å². The summed E-state index contributed by atoms with van der Waals surface area (Å²) in [6.07, 6.45) is 1.43. The van der Waals surface area contributed by atoms with Gasteiger partial charge in [-0.1, -0.05) is 30.3 Å². The maximum atomic E-state index is 12.2. The first-order valence-corrected chi connectivity index (χ1v) is 8.01. The summed E-state index contributed by atoms with van der Waals surface area (Å²) in [4.78, 5) is 12.2. The van der Waals surface area contributed by atoms with E-state index in [9.17, 15) is 9.90 Å². The fourth-order valence-electron chi connectivity index (χ4n) is 2.36. The molecule has 122 valence electrons. The second-order valence-electron chi connectivity index (χ2n) is 5.29. The van der Waals surface area contributed by atoms with E-state index < -0.39 is 5.91 Å². The fraction of sp³-hybridized carbons (Fsp3) is 0.118. The van der Waals surface area contributed by atoms with Gasteiger partial charge in [0.05, 0.1) is 16.4 Å². The van der Waals surface area contributed by atoms with Crippen LogP contribution in [0.25, 0.3) is 10.8 Å². The zero-order chi connectivity index (χ0) is 17.3. The Kier molecular flexibility index (Phi) is 4.35. The minimum absolute atomic E-state index is 0.0987. The Morgan fingerprint density at radius 3 is 2.79 bits per heavy atom. The molecule has 0 atom stereocenters. The highest BCUT2D eigenvalue weighted by molar-refractivity contribution is 9.10. The Morgan fingerprint density at radius 2 is 2.08 bits per heavy atom. The van der Waals surface area contributed by atoms with Crippen molar-refractivity contribution < 1.29 is 9.90 Å². The molecular formula is C17H15BrN4O2. The lowest BCUT2D eigenvalue weighted by Crippen LogP contribution is -2.19. The summed E-state index contributed by atoms with van der Waals surface area (Å²) in [7, 11) is 1.76. The lowest BCUT2D eigenvalue weighted by atomic mass is 10.0. The fourth-order valence-corrected chi connectivity index (χ4v) is 2.87. The van der Waals surface area contributed by atoms with E-state index in [-0.39, 0.29) is 11.4 Å². The van der Waals surface area contributed by atoms with Crippen LogP contribution in [0.1, 0.15) is 21.7 Å². The summed E-state index contributed by atoms with van der Waals surface area (Å²) in [6.45, 7) is 1.85. The highest BCUT2D eigenvalue weighted by atomic mass is 79.9. The molecule has 0 saturated carbocycles. The summed E-state index contributed by atoms with van der Waals surface area (Å²) >= 11 is 3.35. The lowest BCUT2D eigenvalue weighted by Gasteiger charge is -2.04.